The molecular weight excluding hydrogens is 260 g/mol. The first kappa shape index (κ1) is 18.0. The van der Waals surface area contributed by atoms with Gasteiger partial charge in [-0.1, -0.05) is 72.1 Å². The SMILES string of the molecule is CC(C)c1ccccc1OOCCCCCCC(C)(C)C. The maximum Gasteiger partial charge on any atom is 0.168 e. The molecule has 0 aromatic heterocycles. The highest BCUT2D eigenvalue weighted by Gasteiger charge is 2.09. The van der Waals surface area contributed by atoms with Gasteiger partial charge in [0.25, 0.3) is 0 Å². The van der Waals surface area contributed by atoms with Crippen LogP contribution in [0.1, 0.15) is 78.2 Å². The molecule has 0 atom stereocenters. The molecule has 1 rings (SSSR count). The molecule has 0 saturated heterocycles. The molecule has 21 heavy (non-hydrogen) atoms. The van der Waals surface area contributed by atoms with Crippen molar-refractivity contribution >= 4 is 0 Å². The third-order valence-corrected chi connectivity index (χ3v) is 3.59. The number of rotatable bonds is 9. The molecule has 1 aromatic rings. The molecule has 2 heteroatoms. The van der Waals surface area contributed by atoms with Crippen LogP contribution in [0.15, 0.2) is 24.3 Å². The zero-order valence-corrected chi connectivity index (χ0v) is 14.4. The lowest BCUT2D eigenvalue weighted by molar-refractivity contribution is -0.208. The van der Waals surface area contributed by atoms with Crippen LogP contribution in [0.25, 0.3) is 0 Å². The fourth-order valence-corrected chi connectivity index (χ4v) is 2.31. The predicted molar refractivity (Wildman–Crippen MR) is 89.7 cm³/mol. The Morgan fingerprint density at radius 1 is 0.952 bits per heavy atom. The summed E-state index contributed by atoms with van der Waals surface area (Å²) < 4.78 is 0. The smallest absolute Gasteiger partial charge is 0.168 e. The summed E-state index contributed by atoms with van der Waals surface area (Å²) in [6.45, 7) is 11.9. The molecule has 2 nitrogen and oxygen atoms in total. The Labute approximate surface area is 130 Å². The van der Waals surface area contributed by atoms with Crippen LogP contribution in [-0.2, 0) is 4.89 Å². The van der Waals surface area contributed by atoms with Gasteiger partial charge < -0.3 is 4.89 Å². The van der Waals surface area contributed by atoms with Crippen LogP contribution in [0.4, 0.5) is 0 Å². The van der Waals surface area contributed by atoms with Gasteiger partial charge in [0.05, 0.1) is 6.61 Å². The van der Waals surface area contributed by atoms with Gasteiger partial charge in [-0.2, -0.15) is 4.89 Å². The highest BCUT2D eigenvalue weighted by molar-refractivity contribution is 5.34. The van der Waals surface area contributed by atoms with E-state index in [-0.39, 0.29) is 0 Å². The van der Waals surface area contributed by atoms with E-state index < -0.39 is 0 Å². The second-order valence-corrected chi connectivity index (χ2v) is 7.32. The third-order valence-electron chi connectivity index (χ3n) is 3.59. The molecule has 0 spiro atoms. The van der Waals surface area contributed by atoms with Crippen LogP contribution in [0.2, 0.25) is 0 Å². The lowest BCUT2D eigenvalue weighted by Crippen LogP contribution is -2.04. The van der Waals surface area contributed by atoms with Gasteiger partial charge >= 0.3 is 0 Å². The van der Waals surface area contributed by atoms with Crippen molar-refractivity contribution < 1.29 is 9.78 Å². The van der Waals surface area contributed by atoms with Crippen molar-refractivity contribution in [2.75, 3.05) is 6.61 Å². The average Bonchev–Trinajstić information content (AvgIpc) is 2.41. The Kier molecular flexibility index (Phi) is 7.81. The molecule has 0 heterocycles. The Bertz CT molecular complexity index is 391. The van der Waals surface area contributed by atoms with Gasteiger partial charge in [0, 0.05) is 5.56 Å². The highest BCUT2D eigenvalue weighted by atomic mass is 17.2. The molecule has 0 unspecified atom stereocenters. The zero-order valence-electron chi connectivity index (χ0n) is 14.4. The Morgan fingerprint density at radius 2 is 1.62 bits per heavy atom. The summed E-state index contributed by atoms with van der Waals surface area (Å²) in [4.78, 5) is 10.8. The molecule has 120 valence electrons. The second kappa shape index (κ2) is 9.09. The molecular formula is C19H32O2. The standard InChI is InChI=1S/C19H32O2/c1-16(2)17-12-8-9-13-18(17)21-20-15-11-7-6-10-14-19(3,4)5/h8-9,12-13,16H,6-7,10-11,14-15H2,1-5H3. The lowest BCUT2D eigenvalue weighted by Gasteiger charge is -2.17. The normalized spacial score (nSPS) is 11.9. The van der Waals surface area contributed by atoms with E-state index in [1.807, 2.05) is 18.2 Å². The maximum absolute atomic E-state index is 5.46. The van der Waals surface area contributed by atoms with Gasteiger partial charge in [0.2, 0.25) is 0 Å². The molecule has 0 aliphatic rings. The van der Waals surface area contributed by atoms with Crippen LogP contribution in [-0.4, -0.2) is 6.61 Å². The van der Waals surface area contributed by atoms with E-state index >= 15 is 0 Å². The molecule has 0 aliphatic heterocycles. The molecule has 0 N–H and O–H groups in total. The summed E-state index contributed by atoms with van der Waals surface area (Å²) in [5.41, 5.74) is 1.66. The first-order chi connectivity index (χ1) is 9.90. The minimum atomic E-state index is 0.446. The number of hydrogen-bond acceptors (Lipinski definition) is 2. The van der Waals surface area contributed by atoms with Crippen molar-refractivity contribution in [2.45, 2.75) is 72.6 Å². The number of unbranched alkanes of at least 4 members (excludes halogenated alkanes) is 3. The summed E-state index contributed by atoms with van der Waals surface area (Å²) >= 11 is 0. The average molecular weight is 292 g/mol. The zero-order chi connectivity index (χ0) is 15.7. The number of para-hydroxylation sites is 1. The van der Waals surface area contributed by atoms with E-state index in [9.17, 15) is 0 Å². The molecule has 1 aromatic carbocycles. The minimum absolute atomic E-state index is 0.446. The first-order valence-corrected chi connectivity index (χ1v) is 8.28. The van der Waals surface area contributed by atoms with Crippen molar-refractivity contribution in [2.24, 2.45) is 5.41 Å². The highest BCUT2D eigenvalue weighted by Crippen LogP contribution is 2.26. The third kappa shape index (κ3) is 8.11. The van der Waals surface area contributed by atoms with E-state index in [1.165, 1.54) is 31.2 Å². The van der Waals surface area contributed by atoms with Gasteiger partial charge in [-0.25, -0.2) is 0 Å². The Balaban J connectivity index is 2.12. The fourth-order valence-electron chi connectivity index (χ4n) is 2.31. The Hall–Kier alpha value is -1.02. The molecule has 0 amide bonds. The van der Waals surface area contributed by atoms with E-state index in [4.69, 9.17) is 9.78 Å². The second-order valence-electron chi connectivity index (χ2n) is 7.32. The summed E-state index contributed by atoms with van der Waals surface area (Å²) in [7, 11) is 0. The quantitative estimate of drug-likeness (QED) is 0.310. The van der Waals surface area contributed by atoms with Gasteiger partial charge in [-0.05, 0) is 30.2 Å². The van der Waals surface area contributed by atoms with E-state index in [2.05, 4.69) is 40.7 Å². The predicted octanol–water partition coefficient (Wildman–Crippen LogP) is 6.12. The van der Waals surface area contributed by atoms with Gasteiger partial charge in [0.1, 0.15) is 0 Å². The monoisotopic (exact) mass is 292 g/mol. The summed E-state index contributed by atoms with van der Waals surface area (Å²) in [5, 5.41) is 0. The van der Waals surface area contributed by atoms with Crippen LogP contribution in [0.3, 0.4) is 0 Å². The van der Waals surface area contributed by atoms with Crippen molar-refractivity contribution in [1.82, 2.24) is 0 Å². The van der Waals surface area contributed by atoms with Gasteiger partial charge in [0.15, 0.2) is 5.75 Å². The van der Waals surface area contributed by atoms with E-state index in [1.54, 1.807) is 0 Å². The van der Waals surface area contributed by atoms with Crippen molar-refractivity contribution in [3.8, 4) is 5.75 Å². The van der Waals surface area contributed by atoms with Crippen LogP contribution >= 0.6 is 0 Å². The van der Waals surface area contributed by atoms with Gasteiger partial charge in [-0.15, -0.1) is 0 Å². The number of hydrogen-bond donors (Lipinski definition) is 0. The number of benzene rings is 1. The van der Waals surface area contributed by atoms with Crippen molar-refractivity contribution in [3.05, 3.63) is 29.8 Å². The van der Waals surface area contributed by atoms with Crippen LogP contribution < -0.4 is 4.89 Å². The topological polar surface area (TPSA) is 18.5 Å². The van der Waals surface area contributed by atoms with Crippen molar-refractivity contribution in [1.29, 1.82) is 0 Å². The largest absolute Gasteiger partial charge is 0.337 e. The molecule has 0 fully saturated rings. The molecule has 0 aliphatic carbocycles. The molecule has 0 bridgehead atoms. The van der Waals surface area contributed by atoms with Crippen LogP contribution in [0.5, 0.6) is 5.75 Å². The van der Waals surface area contributed by atoms with E-state index in [0.29, 0.717) is 17.9 Å². The lowest BCUT2D eigenvalue weighted by atomic mass is 9.89. The first-order valence-electron chi connectivity index (χ1n) is 8.28. The van der Waals surface area contributed by atoms with Crippen LogP contribution in [0, 0.1) is 5.41 Å². The maximum atomic E-state index is 5.46. The van der Waals surface area contributed by atoms with E-state index in [0.717, 1.165) is 12.2 Å². The summed E-state index contributed by atoms with van der Waals surface area (Å²) in [5.74, 6) is 1.29. The van der Waals surface area contributed by atoms with Crippen molar-refractivity contribution in [3.63, 3.8) is 0 Å². The molecule has 0 saturated carbocycles. The van der Waals surface area contributed by atoms with Gasteiger partial charge in [-0.3, -0.25) is 0 Å². The fraction of sp³-hybridized carbons (Fsp3) is 0.684. The summed E-state index contributed by atoms with van der Waals surface area (Å²) in [6, 6.07) is 8.09. The molecule has 0 radical (unpaired) electrons. The minimum Gasteiger partial charge on any atom is -0.337 e. The Morgan fingerprint density at radius 3 is 2.29 bits per heavy atom. The summed E-state index contributed by atoms with van der Waals surface area (Å²) in [6.07, 6.45) is 6.16.